The summed E-state index contributed by atoms with van der Waals surface area (Å²) in [4.78, 5) is 26.2. The van der Waals surface area contributed by atoms with Crippen molar-refractivity contribution in [2.45, 2.75) is 19.9 Å². The third-order valence-corrected chi connectivity index (χ3v) is 5.80. The Morgan fingerprint density at radius 3 is 2.70 bits per heavy atom. The van der Waals surface area contributed by atoms with Gasteiger partial charge in [0.15, 0.2) is 5.82 Å². The molecule has 6 nitrogen and oxygen atoms in total. The van der Waals surface area contributed by atoms with Crippen molar-refractivity contribution in [3.05, 3.63) is 81.2 Å². The maximum atomic E-state index is 12.5. The van der Waals surface area contributed by atoms with Crippen molar-refractivity contribution < 1.29 is 9.59 Å². The van der Waals surface area contributed by atoms with Crippen LogP contribution in [0.1, 0.15) is 26.4 Å². The van der Waals surface area contributed by atoms with Gasteiger partial charge in [0.1, 0.15) is 4.83 Å². The van der Waals surface area contributed by atoms with Gasteiger partial charge in [0.25, 0.3) is 5.91 Å². The topological polar surface area (TPSA) is 86.9 Å². The Bertz CT molecular complexity index is 1230. The predicted octanol–water partition coefficient (Wildman–Crippen LogP) is 4.70. The number of nitrogens with one attached hydrogen (secondary N) is 3. The molecule has 8 heteroatoms. The van der Waals surface area contributed by atoms with E-state index in [0.29, 0.717) is 27.6 Å². The van der Waals surface area contributed by atoms with Crippen molar-refractivity contribution in [2.24, 2.45) is 0 Å². The van der Waals surface area contributed by atoms with Crippen molar-refractivity contribution in [3.8, 4) is 0 Å². The summed E-state index contributed by atoms with van der Waals surface area (Å²) in [5.74, 6) is 0.0376. The fourth-order valence-electron chi connectivity index (χ4n) is 3.12. The smallest absolute Gasteiger partial charge is 0.261 e. The SMILES string of the molecule is Cc1cccc(CNC(=O)c2cc3c(NC(=O)Cc4cccc(Cl)c4)n[nH]c3s2)c1. The van der Waals surface area contributed by atoms with Crippen LogP contribution in [0.2, 0.25) is 5.02 Å². The fourth-order valence-corrected chi connectivity index (χ4v) is 4.26. The number of aromatic nitrogens is 2. The summed E-state index contributed by atoms with van der Waals surface area (Å²) in [7, 11) is 0. The van der Waals surface area contributed by atoms with Gasteiger partial charge < -0.3 is 10.6 Å². The second-order valence-electron chi connectivity index (χ2n) is 6.95. The Labute approximate surface area is 182 Å². The zero-order valence-electron chi connectivity index (χ0n) is 16.2. The maximum absolute atomic E-state index is 12.5. The minimum Gasteiger partial charge on any atom is -0.347 e. The summed E-state index contributed by atoms with van der Waals surface area (Å²) < 4.78 is 0. The van der Waals surface area contributed by atoms with Crippen LogP contribution in [0.5, 0.6) is 0 Å². The van der Waals surface area contributed by atoms with Gasteiger partial charge in [0.2, 0.25) is 5.91 Å². The number of nitrogens with zero attached hydrogens (tertiary/aromatic N) is 1. The predicted molar refractivity (Wildman–Crippen MR) is 120 cm³/mol. The van der Waals surface area contributed by atoms with Gasteiger partial charge in [-0.15, -0.1) is 11.3 Å². The largest absolute Gasteiger partial charge is 0.347 e. The number of carbonyl (C=O) groups excluding carboxylic acids is 2. The molecule has 30 heavy (non-hydrogen) atoms. The number of carbonyl (C=O) groups is 2. The van der Waals surface area contributed by atoms with Crippen LogP contribution >= 0.6 is 22.9 Å². The molecule has 0 aliphatic rings. The normalized spacial score (nSPS) is 10.9. The molecule has 0 radical (unpaired) electrons. The number of thiophene rings is 1. The number of halogens is 1. The summed E-state index contributed by atoms with van der Waals surface area (Å²) in [6.45, 7) is 2.47. The minimum atomic E-state index is -0.206. The molecule has 0 saturated carbocycles. The number of anilines is 1. The molecular weight excluding hydrogens is 420 g/mol. The molecule has 2 aromatic heterocycles. The summed E-state index contributed by atoms with van der Waals surface area (Å²) in [6, 6.07) is 16.9. The van der Waals surface area contributed by atoms with Gasteiger partial charge in [0, 0.05) is 11.6 Å². The van der Waals surface area contributed by atoms with E-state index in [1.165, 1.54) is 11.3 Å². The zero-order valence-corrected chi connectivity index (χ0v) is 17.7. The number of hydrogen-bond donors (Lipinski definition) is 3. The Kier molecular flexibility index (Phi) is 5.83. The van der Waals surface area contributed by atoms with Crippen LogP contribution in [0, 0.1) is 6.92 Å². The van der Waals surface area contributed by atoms with Crippen molar-refractivity contribution in [1.29, 1.82) is 0 Å². The highest BCUT2D eigenvalue weighted by molar-refractivity contribution is 7.20. The Balaban J connectivity index is 1.42. The Hall–Kier alpha value is -3.16. The average molecular weight is 439 g/mol. The summed E-state index contributed by atoms with van der Waals surface area (Å²) in [6.07, 6.45) is 0.183. The van der Waals surface area contributed by atoms with E-state index in [1.807, 2.05) is 37.3 Å². The van der Waals surface area contributed by atoms with E-state index in [-0.39, 0.29) is 18.2 Å². The van der Waals surface area contributed by atoms with Crippen LogP contribution in [-0.4, -0.2) is 22.0 Å². The first kappa shape index (κ1) is 20.1. The summed E-state index contributed by atoms with van der Waals surface area (Å²) in [5, 5.41) is 14.1. The molecule has 0 atom stereocenters. The van der Waals surface area contributed by atoms with Gasteiger partial charge in [-0.05, 0) is 36.2 Å². The van der Waals surface area contributed by atoms with Gasteiger partial charge in [-0.25, -0.2) is 0 Å². The molecule has 2 aromatic carbocycles. The minimum absolute atomic E-state index is 0.165. The van der Waals surface area contributed by atoms with Crippen molar-refractivity contribution in [1.82, 2.24) is 15.5 Å². The number of aromatic amines is 1. The standard InChI is InChI=1S/C22H19ClN4O2S/c1-13-4-2-6-15(8-13)12-24-21(29)18-11-17-20(26-27-22(17)30-18)25-19(28)10-14-5-3-7-16(23)9-14/h2-9,11H,10,12H2,1H3,(H,24,29)(H2,25,26,27,28). The molecule has 0 bridgehead atoms. The van der Waals surface area contributed by atoms with Gasteiger partial charge in [-0.1, -0.05) is 53.6 Å². The lowest BCUT2D eigenvalue weighted by Gasteiger charge is -2.04. The first-order valence-electron chi connectivity index (χ1n) is 9.34. The lowest BCUT2D eigenvalue weighted by molar-refractivity contribution is -0.115. The van der Waals surface area contributed by atoms with Crippen LogP contribution in [0.15, 0.2) is 54.6 Å². The van der Waals surface area contributed by atoms with E-state index in [1.54, 1.807) is 24.3 Å². The molecule has 0 unspecified atom stereocenters. The molecule has 0 fully saturated rings. The van der Waals surface area contributed by atoms with Crippen molar-refractivity contribution in [2.75, 3.05) is 5.32 Å². The number of amides is 2. The third-order valence-electron chi connectivity index (χ3n) is 4.53. The second kappa shape index (κ2) is 8.69. The highest BCUT2D eigenvalue weighted by Gasteiger charge is 2.16. The van der Waals surface area contributed by atoms with Crippen LogP contribution < -0.4 is 10.6 Å². The van der Waals surface area contributed by atoms with Crippen LogP contribution in [0.25, 0.3) is 10.2 Å². The number of fused-ring (bicyclic) bond motifs is 1. The number of benzene rings is 2. The highest BCUT2D eigenvalue weighted by Crippen LogP contribution is 2.29. The van der Waals surface area contributed by atoms with Crippen molar-refractivity contribution in [3.63, 3.8) is 0 Å². The number of hydrogen-bond acceptors (Lipinski definition) is 4. The Morgan fingerprint density at radius 2 is 1.90 bits per heavy atom. The van der Waals surface area contributed by atoms with E-state index in [2.05, 4.69) is 20.8 Å². The van der Waals surface area contributed by atoms with Crippen molar-refractivity contribution >= 4 is 50.8 Å². The molecule has 0 saturated heterocycles. The quantitative estimate of drug-likeness (QED) is 0.408. The molecule has 0 aliphatic carbocycles. The van der Waals surface area contributed by atoms with Gasteiger partial charge in [-0.3, -0.25) is 14.7 Å². The molecule has 4 aromatic rings. The molecule has 3 N–H and O–H groups in total. The molecule has 2 heterocycles. The van der Waals surface area contributed by atoms with Gasteiger partial charge >= 0.3 is 0 Å². The highest BCUT2D eigenvalue weighted by atomic mass is 35.5. The van der Waals surface area contributed by atoms with Crippen LogP contribution in [-0.2, 0) is 17.8 Å². The lowest BCUT2D eigenvalue weighted by Crippen LogP contribution is -2.21. The van der Waals surface area contributed by atoms with Gasteiger partial charge in [0.05, 0.1) is 16.7 Å². The number of H-pyrrole nitrogens is 1. The third kappa shape index (κ3) is 4.69. The number of rotatable bonds is 6. The van der Waals surface area contributed by atoms with E-state index in [4.69, 9.17) is 11.6 Å². The maximum Gasteiger partial charge on any atom is 0.261 e. The average Bonchev–Trinajstić information content (AvgIpc) is 3.28. The first-order chi connectivity index (χ1) is 14.5. The monoisotopic (exact) mass is 438 g/mol. The summed E-state index contributed by atoms with van der Waals surface area (Å²) in [5.41, 5.74) is 3.00. The molecule has 0 spiro atoms. The molecule has 4 rings (SSSR count). The Morgan fingerprint density at radius 1 is 1.10 bits per heavy atom. The lowest BCUT2D eigenvalue weighted by atomic mass is 10.1. The van der Waals surface area contributed by atoms with E-state index in [9.17, 15) is 9.59 Å². The molecule has 2 amide bonds. The van der Waals surface area contributed by atoms with Gasteiger partial charge in [-0.2, -0.15) is 5.10 Å². The molecule has 152 valence electrons. The number of aryl methyl sites for hydroxylation is 1. The van der Waals surface area contributed by atoms with E-state index >= 15 is 0 Å². The van der Waals surface area contributed by atoms with Crippen LogP contribution in [0.4, 0.5) is 5.82 Å². The van der Waals surface area contributed by atoms with E-state index in [0.717, 1.165) is 21.5 Å². The summed E-state index contributed by atoms with van der Waals surface area (Å²) >= 11 is 7.27. The zero-order chi connectivity index (χ0) is 21.1. The molecular formula is C22H19ClN4O2S. The second-order valence-corrected chi connectivity index (χ2v) is 8.44. The molecule has 0 aliphatic heterocycles. The van der Waals surface area contributed by atoms with Crippen LogP contribution in [0.3, 0.4) is 0 Å². The first-order valence-corrected chi connectivity index (χ1v) is 10.5. The van der Waals surface area contributed by atoms with E-state index < -0.39 is 0 Å². The fraction of sp³-hybridized carbons (Fsp3) is 0.136.